The number of carbonyl (C=O) groups is 1. The maximum absolute atomic E-state index is 12.4. The summed E-state index contributed by atoms with van der Waals surface area (Å²) in [5.41, 5.74) is 2.28. The summed E-state index contributed by atoms with van der Waals surface area (Å²) in [5, 5.41) is 4.55. The van der Waals surface area contributed by atoms with Crippen molar-refractivity contribution < 1.29 is 14.3 Å². The Hall–Kier alpha value is -2.79. The number of ether oxygens (including phenoxy) is 2. The molecule has 1 aromatic heterocycles. The molecule has 3 aromatic rings. The first-order valence-electron chi connectivity index (χ1n) is 8.38. The normalized spacial score (nSPS) is 10.6. The van der Waals surface area contributed by atoms with Gasteiger partial charge < -0.3 is 14.8 Å². The van der Waals surface area contributed by atoms with E-state index in [4.69, 9.17) is 21.1 Å². The molecule has 0 fully saturated rings. The van der Waals surface area contributed by atoms with Crippen LogP contribution in [0.25, 0.3) is 10.9 Å². The smallest absolute Gasteiger partial charge is 0.341 e. The van der Waals surface area contributed by atoms with Crippen molar-refractivity contribution in [1.82, 2.24) is 4.98 Å². The van der Waals surface area contributed by atoms with E-state index in [0.29, 0.717) is 34.1 Å². The van der Waals surface area contributed by atoms with Crippen molar-refractivity contribution in [2.45, 2.75) is 13.8 Å². The molecule has 1 heterocycles. The quantitative estimate of drug-likeness (QED) is 0.604. The van der Waals surface area contributed by atoms with Crippen LogP contribution in [0.5, 0.6) is 5.75 Å². The maximum atomic E-state index is 12.4. The molecule has 0 aliphatic carbocycles. The standard InChI is InChI=1S/C20H19ClN2O3/c1-3-25-17-11-6-5-10-16(17)23-18-13-8-7-9-15(21)19(13)22-12-14(18)20(24)26-4-2/h5-12H,3-4H2,1-2H3,(H,22,23). The minimum atomic E-state index is -0.446. The average Bonchev–Trinajstić information content (AvgIpc) is 2.64. The van der Waals surface area contributed by atoms with Crippen LogP contribution in [0.3, 0.4) is 0 Å². The third-order valence-electron chi connectivity index (χ3n) is 3.79. The molecule has 6 heteroatoms. The number of rotatable bonds is 6. The Morgan fingerprint density at radius 1 is 1.12 bits per heavy atom. The first-order valence-corrected chi connectivity index (χ1v) is 8.76. The highest BCUT2D eigenvalue weighted by Crippen LogP contribution is 2.35. The summed E-state index contributed by atoms with van der Waals surface area (Å²) < 4.78 is 10.9. The van der Waals surface area contributed by atoms with E-state index in [2.05, 4.69) is 10.3 Å². The lowest BCUT2D eigenvalue weighted by Crippen LogP contribution is -2.10. The molecule has 0 unspecified atom stereocenters. The van der Waals surface area contributed by atoms with Gasteiger partial charge in [-0.15, -0.1) is 0 Å². The van der Waals surface area contributed by atoms with Crippen molar-refractivity contribution in [3.63, 3.8) is 0 Å². The van der Waals surface area contributed by atoms with Gasteiger partial charge in [-0.3, -0.25) is 4.98 Å². The second-order valence-electron chi connectivity index (χ2n) is 5.46. The van der Waals surface area contributed by atoms with E-state index in [1.54, 1.807) is 13.0 Å². The number of hydrogen-bond donors (Lipinski definition) is 1. The van der Waals surface area contributed by atoms with E-state index < -0.39 is 5.97 Å². The molecule has 0 bridgehead atoms. The van der Waals surface area contributed by atoms with Crippen LogP contribution in [0.15, 0.2) is 48.7 Å². The monoisotopic (exact) mass is 370 g/mol. The van der Waals surface area contributed by atoms with Gasteiger partial charge in [0.2, 0.25) is 0 Å². The first kappa shape index (κ1) is 18.0. The van der Waals surface area contributed by atoms with Gasteiger partial charge in [0.1, 0.15) is 11.3 Å². The summed E-state index contributed by atoms with van der Waals surface area (Å²) in [6.45, 7) is 4.50. The minimum Gasteiger partial charge on any atom is -0.492 e. The number of halogens is 1. The number of esters is 1. The number of fused-ring (bicyclic) bond motifs is 1. The van der Waals surface area contributed by atoms with Crippen LogP contribution < -0.4 is 10.1 Å². The van der Waals surface area contributed by atoms with Crippen LogP contribution in [-0.2, 0) is 4.74 Å². The largest absolute Gasteiger partial charge is 0.492 e. The van der Waals surface area contributed by atoms with Gasteiger partial charge in [0.15, 0.2) is 0 Å². The van der Waals surface area contributed by atoms with Crippen molar-refractivity contribution in [3.05, 3.63) is 59.2 Å². The Balaban J connectivity index is 2.17. The van der Waals surface area contributed by atoms with Gasteiger partial charge in [0, 0.05) is 11.6 Å². The Morgan fingerprint density at radius 3 is 2.69 bits per heavy atom. The van der Waals surface area contributed by atoms with Gasteiger partial charge in [-0.2, -0.15) is 0 Å². The molecule has 0 radical (unpaired) electrons. The molecule has 0 saturated carbocycles. The van der Waals surface area contributed by atoms with Crippen LogP contribution in [-0.4, -0.2) is 24.2 Å². The minimum absolute atomic E-state index is 0.279. The number of nitrogens with zero attached hydrogens (tertiary/aromatic N) is 1. The zero-order chi connectivity index (χ0) is 18.5. The van der Waals surface area contributed by atoms with Crippen molar-refractivity contribution in [2.75, 3.05) is 18.5 Å². The van der Waals surface area contributed by atoms with Gasteiger partial charge >= 0.3 is 5.97 Å². The molecule has 26 heavy (non-hydrogen) atoms. The fourth-order valence-electron chi connectivity index (χ4n) is 2.67. The summed E-state index contributed by atoms with van der Waals surface area (Å²) in [5.74, 6) is 0.245. The zero-order valence-electron chi connectivity index (χ0n) is 14.6. The zero-order valence-corrected chi connectivity index (χ0v) is 15.3. The first-order chi connectivity index (χ1) is 12.7. The van der Waals surface area contributed by atoms with E-state index in [9.17, 15) is 4.79 Å². The number of nitrogens with one attached hydrogen (secondary N) is 1. The Morgan fingerprint density at radius 2 is 1.92 bits per heavy atom. The molecule has 0 atom stereocenters. The second-order valence-corrected chi connectivity index (χ2v) is 5.86. The number of aromatic nitrogens is 1. The summed E-state index contributed by atoms with van der Waals surface area (Å²) in [6, 6.07) is 13.0. The van der Waals surface area contributed by atoms with Crippen LogP contribution in [0.4, 0.5) is 11.4 Å². The van der Waals surface area contributed by atoms with Crippen molar-refractivity contribution in [2.24, 2.45) is 0 Å². The van der Waals surface area contributed by atoms with Gasteiger partial charge in [-0.1, -0.05) is 35.9 Å². The molecule has 0 aliphatic heterocycles. The number of anilines is 2. The number of benzene rings is 2. The second kappa shape index (κ2) is 8.06. The van der Waals surface area contributed by atoms with Crippen molar-refractivity contribution in [1.29, 1.82) is 0 Å². The summed E-state index contributed by atoms with van der Waals surface area (Å²) >= 11 is 6.27. The molecule has 5 nitrogen and oxygen atoms in total. The molecule has 0 spiro atoms. The van der Waals surface area contributed by atoms with Gasteiger partial charge in [-0.05, 0) is 32.0 Å². The highest BCUT2D eigenvalue weighted by molar-refractivity contribution is 6.35. The molecule has 0 amide bonds. The summed E-state index contributed by atoms with van der Waals surface area (Å²) in [6.07, 6.45) is 1.48. The fraction of sp³-hybridized carbons (Fsp3) is 0.200. The number of para-hydroxylation sites is 3. The SMILES string of the molecule is CCOC(=O)c1cnc2c(Cl)cccc2c1Nc1ccccc1OCC. The lowest BCUT2D eigenvalue weighted by Gasteiger charge is -2.17. The Bertz CT molecular complexity index is 943. The molecular weight excluding hydrogens is 352 g/mol. The van der Waals surface area contributed by atoms with E-state index in [1.165, 1.54) is 6.20 Å². The summed E-state index contributed by atoms with van der Waals surface area (Å²) in [4.78, 5) is 16.8. The molecular formula is C20H19ClN2O3. The molecule has 3 rings (SSSR count). The number of pyridine rings is 1. The van der Waals surface area contributed by atoms with Crippen LogP contribution in [0, 0.1) is 0 Å². The molecule has 1 N–H and O–H groups in total. The number of carbonyl (C=O) groups excluding carboxylic acids is 1. The van der Waals surface area contributed by atoms with E-state index in [0.717, 1.165) is 11.1 Å². The van der Waals surface area contributed by atoms with Crippen LogP contribution >= 0.6 is 11.6 Å². The third-order valence-corrected chi connectivity index (χ3v) is 4.10. The fourth-order valence-corrected chi connectivity index (χ4v) is 2.89. The predicted molar refractivity (Wildman–Crippen MR) is 104 cm³/mol. The highest BCUT2D eigenvalue weighted by atomic mass is 35.5. The topological polar surface area (TPSA) is 60.5 Å². The van der Waals surface area contributed by atoms with E-state index in [-0.39, 0.29) is 6.61 Å². The van der Waals surface area contributed by atoms with Crippen molar-refractivity contribution >= 4 is 39.8 Å². The van der Waals surface area contributed by atoms with Crippen LogP contribution in [0.1, 0.15) is 24.2 Å². The summed E-state index contributed by atoms with van der Waals surface area (Å²) in [7, 11) is 0. The van der Waals surface area contributed by atoms with Gasteiger partial charge in [0.25, 0.3) is 0 Å². The van der Waals surface area contributed by atoms with Gasteiger partial charge in [-0.25, -0.2) is 4.79 Å². The lowest BCUT2D eigenvalue weighted by molar-refractivity contribution is 0.0527. The van der Waals surface area contributed by atoms with Gasteiger partial charge in [0.05, 0.1) is 35.1 Å². The Kier molecular flexibility index (Phi) is 5.58. The molecule has 0 aliphatic rings. The van der Waals surface area contributed by atoms with E-state index in [1.807, 2.05) is 43.3 Å². The molecule has 0 saturated heterocycles. The average molecular weight is 371 g/mol. The van der Waals surface area contributed by atoms with Crippen molar-refractivity contribution in [3.8, 4) is 5.75 Å². The lowest BCUT2D eigenvalue weighted by atomic mass is 10.1. The maximum Gasteiger partial charge on any atom is 0.341 e. The Labute approximate surface area is 156 Å². The molecule has 2 aromatic carbocycles. The predicted octanol–water partition coefficient (Wildman–Crippen LogP) is 5.21. The number of hydrogen-bond acceptors (Lipinski definition) is 5. The molecule has 134 valence electrons. The third kappa shape index (κ3) is 3.58. The van der Waals surface area contributed by atoms with Crippen LogP contribution in [0.2, 0.25) is 5.02 Å². The highest BCUT2D eigenvalue weighted by Gasteiger charge is 2.19. The van der Waals surface area contributed by atoms with E-state index >= 15 is 0 Å².